The third kappa shape index (κ3) is 3.96. The lowest BCUT2D eigenvalue weighted by molar-refractivity contribution is 0.0627. The predicted octanol–water partition coefficient (Wildman–Crippen LogP) is 3.79. The molecule has 1 aliphatic heterocycles. The van der Waals surface area contributed by atoms with Crippen LogP contribution in [0.5, 0.6) is 0 Å². The third-order valence-corrected chi connectivity index (χ3v) is 5.47. The van der Waals surface area contributed by atoms with Gasteiger partial charge in [-0.25, -0.2) is 4.68 Å². The molecule has 1 saturated heterocycles. The number of hydrogen-bond donors (Lipinski definition) is 0. The van der Waals surface area contributed by atoms with E-state index in [1.807, 2.05) is 42.2 Å². The minimum absolute atomic E-state index is 0.0528. The number of amides is 1. The number of rotatable bonds is 4. The van der Waals surface area contributed by atoms with Crippen molar-refractivity contribution in [3.63, 3.8) is 0 Å². The Bertz CT molecular complexity index is 944. The third-order valence-electron chi connectivity index (χ3n) is 5.22. The predicted molar refractivity (Wildman–Crippen MR) is 111 cm³/mol. The highest BCUT2D eigenvalue weighted by Crippen LogP contribution is 2.19. The van der Waals surface area contributed by atoms with Crippen molar-refractivity contribution in [2.45, 2.75) is 13.5 Å². The van der Waals surface area contributed by atoms with E-state index in [1.54, 1.807) is 10.9 Å². The van der Waals surface area contributed by atoms with Gasteiger partial charge in [0, 0.05) is 37.7 Å². The summed E-state index contributed by atoms with van der Waals surface area (Å²) >= 11 is 5.96. The standard InChI is InChI=1S/C22H23ClN4O/c1-17-21(15-24-27(17)20-9-7-19(23)8-10-20)22(28)26-13-11-25(12-14-26)16-18-5-3-2-4-6-18/h2-10,15H,11-14,16H2,1H3. The number of carbonyl (C=O) groups is 1. The van der Waals surface area contributed by atoms with Crippen LogP contribution in [-0.4, -0.2) is 51.7 Å². The minimum atomic E-state index is 0.0528. The lowest BCUT2D eigenvalue weighted by Crippen LogP contribution is -2.48. The topological polar surface area (TPSA) is 41.4 Å². The van der Waals surface area contributed by atoms with Crippen molar-refractivity contribution in [1.29, 1.82) is 0 Å². The zero-order chi connectivity index (χ0) is 19.5. The number of nitrogens with zero attached hydrogens (tertiary/aromatic N) is 4. The second-order valence-corrected chi connectivity index (χ2v) is 7.52. The Balaban J connectivity index is 1.41. The average molecular weight is 395 g/mol. The molecule has 1 amide bonds. The number of halogens is 1. The molecule has 6 heteroatoms. The molecule has 0 atom stereocenters. The van der Waals surface area contributed by atoms with Crippen molar-refractivity contribution >= 4 is 17.5 Å². The van der Waals surface area contributed by atoms with E-state index >= 15 is 0 Å². The summed E-state index contributed by atoms with van der Waals surface area (Å²) < 4.78 is 1.79. The van der Waals surface area contributed by atoms with Crippen molar-refractivity contribution in [1.82, 2.24) is 19.6 Å². The Morgan fingerprint density at radius 2 is 1.68 bits per heavy atom. The second kappa shape index (κ2) is 8.17. The van der Waals surface area contributed by atoms with Crippen LogP contribution < -0.4 is 0 Å². The van der Waals surface area contributed by atoms with Crippen molar-refractivity contribution in [2.75, 3.05) is 26.2 Å². The second-order valence-electron chi connectivity index (χ2n) is 7.09. The Morgan fingerprint density at radius 3 is 2.36 bits per heavy atom. The van der Waals surface area contributed by atoms with Crippen LogP contribution >= 0.6 is 11.6 Å². The van der Waals surface area contributed by atoms with E-state index in [-0.39, 0.29) is 5.91 Å². The maximum absolute atomic E-state index is 13.0. The number of hydrogen-bond acceptors (Lipinski definition) is 3. The molecular weight excluding hydrogens is 372 g/mol. The molecule has 0 saturated carbocycles. The van der Waals surface area contributed by atoms with E-state index in [4.69, 9.17) is 11.6 Å². The zero-order valence-corrected chi connectivity index (χ0v) is 16.6. The van der Waals surface area contributed by atoms with Gasteiger partial charge in [0.15, 0.2) is 0 Å². The fourth-order valence-electron chi connectivity index (χ4n) is 3.58. The summed E-state index contributed by atoms with van der Waals surface area (Å²) in [6.45, 7) is 6.08. The highest BCUT2D eigenvalue weighted by molar-refractivity contribution is 6.30. The van der Waals surface area contributed by atoms with Gasteiger partial charge >= 0.3 is 0 Å². The van der Waals surface area contributed by atoms with E-state index in [0.717, 1.165) is 44.1 Å². The van der Waals surface area contributed by atoms with Crippen LogP contribution in [0.1, 0.15) is 21.6 Å². The molecule has 144 valence electrons. The van der Waals surface area contributed by atoms with Gasteiger partial charge in [0.25, 0.3) is 5.91 Å². The smallest absolute Gasteiger partial charge is 0.257 e. The van der Waals surface area contributed by atoms with Gasteiger partial charge in [0.2, 0.25) is 0 Å². The number of piperazine rings is 1. The van der Waals surface area contributed by atoms with Crippen LogP contribution in [-0.2, 0) is 6.54 Å². The van der Waals surface area contributed by atoms with Gasteiger partial charge in [-0.1, -0.05) is 41.9 Å². The van der Waals surface area contributed by atoms with Gasteiger partial charge in [-0.05, 0) is 36.8 Å². The van der Waals surface area contributed by atoms with Crippen molar-refractivity contribution in [3.05, 3.63) is 82.6 Å². The molecule has 28 heavy (non-hydrogen) atoms. The highest BCUT2D eigenvalue weighted by Gasteiger charge is 2.25. The molecule has 0 radical (unpaired) electrons. The molecule has 0 bridgehead atoms. The van der Waals surface area contributed by atoms with Crippen LogP contribution in [0, 0.1) is 6.92 Å². The molecule has 4 rings (SSSR count). The summed E-state index contributed by atoms with van der Waals surface area (Å²) in [6.07, 6.45) is 1.67. The first-order chi connectivity index (χ1) is 13.6. The van der Waals surface area contributed by atoms with E-state index in [0.29, 0.717) is 10.6 Å². The lowest BCUT2D eigenvalue weighted by Gasteiger charge is -2.34. The Kier molecular flexibility index (Phi) is 5.46. The molecule has 2 aromatic carbocycles. The quantitative estimate of drug-likeness (QED) is 0.676. The molecule has 1 aromatic heterocycles. The minimum Gasteiger partial charge on any atom is -0.336 e. The number of aromatic nitrogens is 2. The first-order valence-corrected chi connectivity index (χ1v) is 9.86. The largest absolute Gasteiger partial charge is 0.336 e. The average Bonchev–Trinajstić information content (AvgIpc) is 3.11. The van der Waals surface area contributed by atoms with Crippen LogP contribution in [0.2, 0.25) is 5.02 Å². The molecule has 1 fully saturated rings. The number of benzene rings is 2. The maximum Gasteiger partial charge on any atom is 0.257 e. The first kappa shape index (κ1) is 18.7. The first-order valence-electron chi connectivity index (χ1n) is 9.48. The molecule has 5 nitrogen and oxygen atoms in total. The summed E-state index contributed by atoms with van der Waals surface area (Å²) in [7, 11) is 0. The zero-order valence-electron chi connectivity index (χ0n) is 15.9. The Hall–Kier alpha value is -2.63. The van der Waals surface area contributed by atoms with E-state index in [1.165, 1.54) is 5.56 Å². The Morgan fingerprint density at radius 1 is 1.00 bits per heavy atom. The molecule has 0 N–H and O–H groups in total. The molecule has 0 spiro atoms. The SMILES string of the molecule is Cc1c(C(=O)N2CCN(Cc3ccccc3)CC2)cnn1-c1ccc(Cl)cc1. The fourth-order valence-corrected chi connectivity index (χ4v) is 3.71. The molecule has 3 aromatic rings. The summed E-state index contributed by atoms with van der Waals surface area (Å²) in [5.74, 6) is 0.0528. The summed E-state index contributed by atoms with van der Waals surface area (Å²) in [5.41, 5.74) is 3.71. The molecular formula is C22H23ClN4O. The van der Waals surface area contributed by atoms with Gasteiger partial charge in [-0.15, -0.1) is 0 Å². The summed E-state index contributed by atoms with van der Waals surface area (Å²) in [6, 6.07) is 17.9. The Labute approximate surface area is 170 Å². The van der Waals surface area contributed by atoms with Crippen LogP contribution in [0.3, 0.4) is 0 Å². The summed E-state index contributed by atoms with van der Waals surface area (Å²) in [5, 5.41) is 5.10. The molecule has 0 aliphatic carbocycles. The maximum atomic E-state index is 13.0. The highest BCUT2D eigenvalue weighted by atomic mass is 35.5. The van der Waals surface area contributed by atoms with E-state index in [9.17, 15) is 4.79 Å². The van der Waals surface area contributed by atoms with Crippen LogP contribution in [0.15, 0.2) is 60.8 Å². The van der Waals surface area contributed by atoms with Crippen molar-refractivity contribution in [2.24, 2.45) is 0 Å². The fraction of sp³-hybridized carbons (Fsp3) is 0.273. The number of carbonyl (C=O) groups excluding carboxylic acids is 1. The van der Waals surface area contributed by atoms with Gasteiger partial charge < -0.3 is 4.90 Å². The van der Waals surface area contributed by atoms with Crippen LogP contribution in [0.4, 0.5) is 0 Å². The van der Waals surface area contributed by atoms with Crippen molar-refractivity contribution in [3.8, 4) is 5.69 Å². The molecule has 1 aliphatic rings. The normalized spacial score (nSPS) is 15.0. The van der Waals surface area contributed by atoms with Gasteiger partial charge in [0.1, 0.15) is 0 Å². The molecule has 0 unspecified atom stereocenters. The van der Waals surface area contributed by atoms with Crippen LogP contribution in [0.25, 0.3) is 5.69 Å². The summed E-state index contributed by atoms with van der Waals surface area (Å²) in [4.78, 5) is 17.3. The lowest BCUT2D eigenvalue weighted by atomic mass is 10.1. The van der Waals surface area contributed by atoms with Gasteiger partial charge in [-0.2, -0.15) is 5.10 Å². The van der Waals surface area contributed by atoms with E-state index in [2.05, 4.69) is 34.3 Å². The van der Waals surface area contributed by atoms with Gasteiger partial charge in [0.05, 0.1) is 23.1 Å². The molecule has 2 heterocycles. The van der Waals surface area contributed by atoms with E-state index < -0.39 is 0 Å². The monoisotopic (exact) mass is 394 g/mol. The van der Waals surface area contributed by atoms with Gasteiger partial charge in [-0.3, -0.25) is 9.69 Å². The van der Waals surface area contributed by atoms with Crippen molar-refractivity contribution < 1.29 is 4.79 Å².